The van der Waals surface area contributed by atoms with Crippen LogP contribution in [0.2, 0.25) is 0 Å². The number of amides is 2. The van der Waals surface area contributed by atoms with E-state index in [-0.39, 0.29) is 18.4 Å². The molecular weight excluding hydrogens is 288 g/mol. The standard InChI is InChI=1S/C19H22N2O2/c1-13-5-7-18(8-6-13)21(16(4)22)12-19(23)20-17-10-14(2)9-15(3)11-17/h5-11H,12H2,1-4H3,(H,20,23). The second-order valence-electron chi connectivity index (χ2n) is 5.87. The van der Waals surface area contributed by atoms with E-state index in [0.29, 0.717) is 0 Å². The zero-order valence-corrected chi connectivity index (χ0v) is 14.0. The Morgan fingerprint density at radius 2 is 1.48 bits per heavy atom. The Kier molecular flexibility index (Phi) is 5.16. The topological polar surface area (TPSA) is 49.4 Å². The molecule has 0 saturated carbocycles. The molecule has 0 bridgehead atoms. The maximum Gasteiger partial charge on any atom is 0.244 e. The Morgan fingerprint density at radius 3 is 2.00 bits per heavy atom. The summed E-state index contributed by atoms with van der Waals surface area (Å²) in [6, 6.07) is 13.4. The number of rotatable bonds is 4. The van der Waals surface area contributed by atoms with Gasteiger partial charge < -0.3 is 10.2 Å². The van der Waals surface area contributed by atoms with Crippen LogP contribution in [0.1, 0.15) is 23.6 Å². The molecule has 2 aromatic rings. The summed E-state index contributed by atoms with van der Waals surface area (Å²) in [5, 5.41) is 2.86. The minimum absolute atomic E-state index is 0.00855. The third-order valence-corrected chi connectivity index (χ3v) is 3.53. The molecule has 0 saturated heterocycles. The van der Waals surface area contributed by atoms with Crippen LogP contribution >= 0.6 is 0 Å². The Morgan fingerprint density at radius 1 is 0.913 bits per heavy atom. The van der Waals surface area contributed by atoms with Crippen molar-refractivity contribution in [1.29, 1.82) is 0 Å². The van der Waals surface area contributed by atoms with Gasteiger partial charge in [0.15, 0.2) is 0 Å². The van der Waals surface area contributed by atoms with Gasteiger partial charge in [-0.2, -0.15) is 0 Å². The van der Waals surface area contributed by atoms with E-state index in [1.165, 1.54) is 11.8 Å². The van der Waals surface area contributed by atoms with Gasteiger partial charge in [0.25, 0.3) is 0 Å². The molecule has 120 valence electrons. The molecule has 0 aromatic heterocycles. The van der Waals surface area contributed by atoms with Crippen LogP contribution in [-0.4, -0.2) is 18.4 Å². The van der Waals surface area contributed by atoms with Crippen LogP contribution in [0.3, 0.4) is 0 Å². The molecular formula is C19H22N2O2. The zero-order chi connectivity index (χ0) is 17.0. The average Bonchev–Trinajstić information content (AvgIpc) is 2.44. The van der Waals surface area contributed by atoms with Crippen LogP contribution < -0.4 is 10.2 Å². The Bertz CT molecular complexity index is 700. The van der Waals surface area contributed by atoms with Crippen molar-refractivity contribution < 1.29 is 9.59 Å². The quantitative estimate of drug-likeness (QED) is 0.938. The number of anilines is 2. The van der Waals surface area contributed by atoms with Gasteiger partial charge in [-0.1, -0.05) is 23.8 Å². The minimum Gasteiger partial charge on any atom is -0.325 e. The first-order chi connectivity index (χ1) is 10.8. The smallest absolute Gasteiger partial charge is 0.244 e. The highest BCUT2D eigenvalue weighted by Gasteiger charge is 2.16. The Balaban J connectivity index is 2.12. The van der Waals surface area contributed by atoms with Crippen molar-refractivity contribution in [2.45, 2.75) is 27.7 Å². The molecule has 2 amide bonds. The summed E-state index contributed by atoms with van der Waals surface area (Å²) in [6.45, 7) is 7.40. The number of hydrogen-bond donors (Lipinski definition) is 1. The molecule has 0 spiro atoms. The van der Waals surface area contributed by atoms with E-state index in [1.54, 1.807) is 0 Å². The number of hydrogen-bond acceptors (Lipinski definition) is 2. The minimum atomic E-state index is -0.217. The van der Waals surface area contributed by atoms with Gasteiger partial charge in [-0.3, -0.25) is 9.59 Å². The molecule has 0 atom stereocenters. The van der Waals surface area contributed by atoms with E-state index in [9.17, 15) is 9.59 Å². The number of carbonyl (C=O) groups excluding carboxylic acids is 2. The number of nitrogens with zero attached hydrogens (tertiary/aromatic N) is 1. The van der Waals surface area contributed by atoms with E-state index < -0.39 is 0 Å². The maximum absolute atomic E-state index is 12.3. The van der Waals surface area contributed by atoms with Crippen LogP contribution in [0.25, 0.3) is 0 Å². The van der Waals surface area contributed by atoms with Gasteiger partial charge in [-0.25, -0.2) is 0 Å². The number of carbonyl (C=O) groups is 2. The monoisotopic (exact) mass is 310 g/mol. The van der Waals surface area contributed by atoms with Gasteiger partial charge in [0.2, 0.25) is 11.8 Å². The van der Waals surface area contributed by atoms with E-state index in [0.717, 1.165) is 28.1 Å². The van der Waals surface area contributed by atoms with Gasteiger partial charge in [-0.15, -0.1) is 0 Å². The van der Waals surface area contributed by atoms with Crippen molar-refractivity contribution in [1.82, 2.24) is 0 Å². The summed E-state index contributed by atoms with van der Waals surface area (Å²) in [4.78, 5) is 25.6. The number of benzene rings is 2. The maximum atomic E-state index is 12.3. The molecule has 0 unspecified atom stereocenters. The highest BCUT2D eigenvalue weighted by Crippen LogP contribution is 2.17. The molecule has 0 aliphatic heterocycles. The Labute approximate surface area is 137 Å². The van der Waals surface area contributed by atoms with E-state index in [4.69, 9.17) is 0 Å². The highest BCUT2D eigenvalue weighted by molar-refractivity contribution is 6.01. The van der Waals surface area contributed by atoms with Crippen LogP contribution in [0, 0.1) is 20.8 Å². The lowest BCUT2D eigenvalue weighted by Crippen LogP contribution is -2.36. The summed E-state index contributed by atoms with van der Waals surface area (Å²) in [7, 11) is 0. The molecule has 2 rings (SSSR count). The van der Waals surface area contributed by atoms with Crippen LogP contribution in [-0.2, 0) is 9.59 Å². The molecule has 1 N–H and O–H groups in total. The molecule has 0 radical (unpaired) electrons. The van der Waals surface area contributed by atoms with E-state index in [2.05, 4.69) is 5.32 Å². The van der Waals surface area contributed by atoms with Gasteiger partial charge in [0.05, 0.1) is 0 Å². The third kappa shape index (κ3) is 4.68. The van der Waals surface area contributed by atoms with Gasteiger partial charge in [-0.05, 0) is 56.2 Å². The lowest BCUT2D eigenvalue weighted by atomic mass is 10.1. The molecule has 0 heterocycles. The first-order valence-corrected chi connectivity index (χ1v) is 7.58. The zero-order valence-electron chi connectivity index (χ0n) is 14.0. The SMILES string of the molecule is CC(=O)N(CC(=O)Nc1cc(C)cc(C)c1)c1ccc(C)cc1. The lowest BCUT2D eigenvalue weighted by Gasteiger charge is -2.21. The molecule has 0 fully saturated rings. The second kappa shape index (κ2) is 7.09. The second-order valence-corrected chi connectivity index (χ2v) is 5.87. The fourth-order valence-corrected chi connectivity index (χ4v) is 2.50. The highest BCUT2D eigenvalue weighted by atomic mass is 16.2. The molecule has 4 heteroatoms. The Hall–Kier alpha value is -2.62. The fourth-order valence-electron chi connectivity index (χ4n) is 2.50. The van der Waals surface area contributed by atoms with E-state index in [1.807, 2.05) is 63.2 Å². The normalized spacial score (nSPS) is 10.3. The summed E-state index contributed by atoms with van der Waals surface area (Å²) in [6.07, 6.45) is 0. The lowest BCUT2D eigenvalue weighted by molar-refractivity contribution is -0.120. The van der Waals surface area contributed by atoms with Crippen molar-refractivity contribution in [2.24, 2.45) is 0 Å². The molecule has 2 aromatic carbocycles. The molecule has 0 aliphatic carbocycles. The fraction of sp³-hybridized carbons (Fsp3) is 0.263. The average molecular weight is 310 g/mol. The van der Waals surface area contributed by atoms with Crippen molar-refractivity contribution >= 4 is 23.2 Å². The van der Waals surface area contributed by atoms with Gasteiger partial charge >= 0.3 is 0 Å². The number of aryl methyl sites for hydroxylation is 3. The largest absolute Gasteiger partial charge is 0.325 e. The summed E-state index contributed by atoms with van der Waals surface area (Å²) >= 11 is 0. The molecule has 23 heavy (non-hydrogen) atoms. The van der Waals surface area contributed by atoms with Crippen molar-refractivity contribution in [3.63, 3.8) is 0 Å². The first kappa shape index (κ1) is 16.7. The predicted octanol–water partition coefficient (Wildman–Crippen LogP) is 3.60. The van der Waals surface area contributed by atoms with Crippen molar-refractivity contribution in [3.8, 4) is 0 Å². The summed E-state index contributed by atoms with van der Waals surface area (Å²) < 4.78 is 0. The third-order valence-electron chi connectivity index (χ3n) is 3.53. The number of nitrogens with one attached hydrogen (secondary N) is 1. The van der Waals surface area contributed by atoms with Crippen molar-refractivity contribution in [2.75, 3.05) is 16.8 Å². The van der Waals surface area contributed by atoms with Crippen LogP contribution in [0.4, 0.5) is 11.4 Å². The summed E-state index contributed by atoms with van der Waals surface area (Å²) in [5.41, 5.74) is 4.75. The van der Waals surface area contributed by atoms with Crippen molar-refractivity contribution in [3.05, 3.63) is 59.2 Å². The van der Waals surface area contributed by atoms with E-state index >= 15 is 0 Å². The van der Waals surface area contributed by atoms with Gasteiger partial charge in [0.1, 0.15) is 6.54 Å². The molecule has 0 aliphatic rings. The summed E-state index contributed by atoms with van der Waals surface area (Å²) in [5.74, 6) is -0.379. The van der Waals surface area contributed by atoms with Gasteiger partial charge in [0, 0.05) is 18.3 Å². The molecule has 4 nitrogen and oxygen atoms in total. The van der Waals surface area contributed by atoms with Crippen LogP contribution in [0.15, 0.2) is 42.5 Å². The van der Waals surface area contributed by atoms with Crippen LogP contribution in [0.5, 0.6) is 0 Å². The predicted molar refractivity (Wildman–Crippen MR) is 93.8 cm³/mol. The first-order valence-electron chi connectivity index (χ1n) is 7.58.